The predicted molar refractivity (Wildman–Crippen MR) is 90.2 cm³/mol. The van der Waals surface area contributed by atoms with Gasteiger partial charge in [0.25, 0.3) is 0 Å². The molecule has 1 saturated heterocycles. The molecule has 0 unspecified atom stereocenters. The second kappa shape index (κ2) is 8.11. The summed E-state index contributed by atoms with van der Waals surface area (Å²) in [4.78, 5) is 18.8. The Hall–Kier alpha value is -2.14. The van der Waals surface area contributed by atoms with Crippen molar-refractivity contribution in [1.82, 2.24) is 9.88 Å². The van der Waals surface area contributed by atoms with Gasteiger partial charge in [0.1, 0.15) is 11.9 Å². The van der Waals surface area contributed by atoms with E-state index in [2.05, 4.69) is 4.98 Å². The van der Waals surface area contributed by atoms with Crippen LogP contribution in [0.3, 0.4) is 0 Å². The molecule has 1 fully saturated rings. The van der Waals surface area contributed by atoms with Crippen LogP contribution in [0.25, 0.3) is 0 Å². The molecule has 1 amide bonds. The average Bonchev–Trinajstić information content (AvgIpc) is 3.03. The Labute approximate surface area is 142 Å². The van der Waals surface area contributed by atoms with Crippen LogP contribution < -0.4 is 0 Å². The van der Waals surface area contributed by atoms with Gasteiger partial charge in [-0.25, -0.2) is 0 Å². The fourth-order valence-electron chi connectivity index (χ4n) is 3.38. The highest BCUT2D eigenvalue weighted by atomic mass is 16.4. The van der Waals surface area contributed by atoms with Crippen molar-refractivity contribution in [3.63, 3.8) is 0 Å². The first-order valence-electron chi connectivity index (χ1n) is 8.64. The lowest BCUT2D eigenvalue weighted by atomic mass is 10.0. The van der Waals surface area contributed by atoms with Crippen molar-refractivity contribution in [2.45, 2.75) is 50.7 Å². The lowest BCUT2D eigenvalue weighted by Gasteiger charge is -2.31. The monoisotopic (exact) mass is 328 g/mol. The van der Waals surface area contributed by atoms with Crippen LogP contribution in [-0.4, -0.2) is 33.5 Å². The number of aliphatic hydroxyl groups is 1. The van der Waals surface area contributed by atoms with Crippen LogP contribution in [0.2, 0.25) is 0 Å². The highest BCUT2D eigenvalue weighted by molar-refractivity contribution is 5.79. The van der Waals surface area contributed by atoms with Crippen molar-refractivity contribution in [2.75, 3.05) is 6.54 Å². The second-order valence-corrected chi connectivity index (χ2v) is 6.39. The molecular formula is C19H24N2O3. The van der Waals surface area contributed by atoms with Crippen molar-refractivity contribution < 1.29 is 14.3 Å². The van der Waals surface area contributed by atoms with Crippen molar-refractivity contribution in [1.29, 1.82) is 0 Å². The summed E-state index contributed by atoms with van der Waals surface area (Å²) < 4.78 is 5.30. The van der Waals surface area contributed by atoms with Crippen LogP contribution in [0.4, 0.5) is 0 Å². The van der Waals surface area contributed by atoms with Crippen LogP contribution >= 0.6 is 0 Å². The van der Waals surface area contributed by atoms with Gasteiger partial charge >= 0.3 is 0 Å². The van der Waals surface area contributed by atoms with Gasteiger partial charge in [0.15, 0.2) is 0 Å². The number of aliphatic hydroxyl groups excluding tert-OH is 1. The Morgan fingerprint density at radius 3 is 2.88 bits per heavy atom. The molecule has 0 radical (unpaired) electrons. The Kier molecular flexibility index (Phi) is 5.64. The zero-order valence-corrected chi connectivity index (χ0v) is 13.8. The summed E-state index contributed by atoms with van der Waals surface area (Å²) in [5, 5.41) is 10.4. The van der Waals surface area contributed by atoms with Gasteiger partial charge in [0.2, 0.25) is 5.91 Å². The average molecular weight is 328 g/mol. The summed E-state index contributed by atoms with van der Waals surface area (Å²) in [6.45, 7) is 0.763. The fraction of sp³-hybridized carbons (Fsp3) is 0.474. The number of likely N-dealkylation sites (tertiary alicyclic amines) is 1. The zero-order chi connectivity index (χ0) is 16.8. The number of amides is 1. The van der Waals surface area contributed by atoms with Gasteiger partial charge in [-0.15, -0.1) is 0 Å². The van der Waals surface area contributed by atoms with E-state index in [4.69, 9.17) is 4.42 Å². The fourth-order valence-corrected chi connectivity index (χ4v) is 3.38. The number of hydrogen-bond acceptors (Lipinski definition) is 4. The van der Waals surface area contributed by atoms with E-state index in [1.807, 2.05) is 17.0 Å². The number of carbonyl (C=O) groups excluding carboxylic acids is 1. The molecule has 128 valence electrons. The number of hydrogen-bond donors (Lipinski definition) is 1. The first kappa shape index (κ1) is 16.7. The maximum absolute atomic E-state index is 12.8. The molecular weight excluding hydrogens is 304 g/mol. The molecule has 2 aromatic rings. The van der Waals surface area contributed by atoms with Crippen LogP contribution in [0.1, 0.15) is 49.5 Å². The molecule has 0 spiro atoms. The summed E-state index contributed by atoms with van der Waals surface area (Å²) in [5.74, 6) is 0.695. The van der Waals surface area contributed by atoms with E-state index in [1.54, 1.807) is 30.8 Å². The number of pyridine rings is 1. The summed E-state index contributed by atoms with van der Waals surface area (Å²) >= 11 is 0. The molecule has 1 aliphatic heterocycles. The molecule has 5 nitrogen and oxygen atoms in total. The molecule has 5 heteroatoms. The molecule has 0 aliphatic carbocycles. The second-order valence-electron chi connectivity index (χ2n) is 6.39. The van der Waals surface area contributed by atoms with E-state index in [-0.39, 0.29) is 11.9 Å². The third kappa shape index (κ3) is 4.23. The van der Waals surface area contributed by atoms with Gasteiger partial charge in [0, 0.05) is 31.4 Å². The lowest BCUT2D eigenvalue weighted by molar-refractivity contribution is -0.133. The lowest BCUT2D eigenvalue weighted by Crippen LogP contribution is -2.41. The quantitative estimate of drug-likeness (QED) is 0.916. The Morgan fingerprint density at radius 1 is 1.29 bits per heavy atom. The number of furan rings is 1. The van der Waals surface area contributed by atoms with E-state index in [9.17, 15) is 9.90 Å². The number of carbonyl (C=O) groups is 1. The van der Waals surface area contributed by atoms with Crippen molar-refractivity contribution in [3.05, 3.63) is 54.2 Å². The Balaban J connectivity index is 1.68. The highest BCUT2D eigenvalue weighted by Crippen LogP contribution is 2.27. The predicted octanol–water partition coefficient (Wildman–Crippen LogP) is 3.11. The zero-order valence-electron chi connectivity index (χ0n) is 13.8. The number of aromatic nitrogens is 1. The minimum absolute atomic E-state index is 0.0573. The number of nitrogens with zero attached hydrogens (tertiary/aromatic N) is 2. The molecule has 24 heavy (non-hydrogen) atoms. The minimum atomic E-state index is -0.667. The molecule has 0 bridgehead atoms. The maximum atomic E-state index is 12.8. The van der Waals surface area contributed by atoms with Gasteiger partial charge in [-0.3, -0.25) is 9.78 Å². The summed E-state index contributed by atoms with van der Waals surface area (Å²) in [6, 6.07) is 7.37. The topological polar surface area (TPSA) is 66.6 Å². The third-order valence-electron chi connectivity index (χ3n) is 4.67. The smallest absolute Gasteiger partial charge is 0.227 e. The largest absolute Gasteiger partial charge is 0.467 e. The van der Waals surface area contributed by atoms with E-state index in [0.29, 0.717) is 18.6 Å². The first-order valence-corrected chi connectivity index (χ1v) is 8.64. The molecule has 2 aromatic heterocycles. The van der Waals surface area contributed by atoms with Gasteiger partial charge in [0.05, 0.1) is 12.7 Å². The molecule has 1 aliphatic rings. The molecule has 0 saturated carbocycles. The Morgan fingerprint density at radius 2 is 2.12 bits per heavy atom. The SMILES string of the molecule is O=C(Cc1ccncc1)N1CCCCC[C@@H]1C[C@H](O)c1ccco1. The van der Waals surface area contributed by atoms with Crippen LogP contribution in [-0.2, 0) is 11.2 Å². The van der Waals surface area contributed by atoms with Crippen LogP contribution in [0, 0.1) is 0 Å². The molecule has 2 atom stereocenters. The standard InChI is InChI=1S/C19H24N2O3/c22-17(18-6-4-12-24-18)14-16-5-2-1-3-11-21(16)19(23)13-15-7-9-20-10-8-15/h4,6-10,12,16-17,22H,1-3,5,11,13-14H2/t16-,17+/m1/s1. The van der Waals surface area contributed by atoms with E-state index in [0.717, 1.165) is 37.8 Å². The van der Waals surface area contributed by atoms with Crippen molar-refractivity contribution in [3.8, 4) is 0 Å². The van der Waals surface area contributed by atoms with Crippen molar-refractivity contribution in [2.24, 2.45) is 0 Å². The highest BCUT2D eigenvalue weighted by Gasteiger charge is 2.28. The summed E-state index contributed by atoms with van der Waals surface area (Å²) in [5.41, 5.74) is 0.976. The minimum Gasteiger partial charge on any atom is -0.467 e. The third-order valence-corrected chi connectivity index (χ3v) is 4.67. The summed E-state index contributed by atoms with van der Waals surface area (Å²) in [6.07, 6.45) is 9.41. The van der Waals surface area contributed by atoms with Crippen LogP contribution in [0.5, 0.6) is 0 Å². The summed E-state index contributed by atoms with van der Waals surface area (Å²) in [7, 11) is 0. The first-order chi connectivity index (χ1) is 11.7. The van der Waals surface area contributed by atoms with Gasteiger partial charge in [-0.05, 0) is 42.7 Å². The van der Waals surface area contributed by atoms with E-state index < -0.39 is 6.10 Å². The molecule has 3 heterocycles. The van der Waals surface area contributed by atoms with Gasteiger partial charge < -0.3 is 14.4 Å². The van der Waals surface area contributed by atoms with Crippen molar-refractivity contribution >= 4 is 5.91 Å². The number of rotatable bonds is 5. The maximum Gasteiger partial charge on any atom is 0.227 e. The molecule has 1 N–H and O–H groups in total. The van der Waals surface area contributed by atoms with Gasteiger partial charge in [-0.2, -0.15) is 0 Å². The van der Waals surface area contributed by atoms with Crippen LogP contribution in [0.15, 0.2) is 47.3 Å². The van der Waals surface area contributed by atoms with Gasteiger partial charge in [-0.1, -0.05) is 12.8 Å². The normalized spacial score (nSPS) is 19.7. The van der Waals surface area contributed by atoms with E-state index >= 15 is 0 Å². The van der Waals surface area contributed by atoms with E-state index in [1.165, 1.54) is 0 Å². The Bertz CT molecular complexity index is 627. The molecule has 3 rings (SSSR count). The molecule has 0 aromatic carbocycles.